The lowest BCUT2D eigenvalue weighted by Gasteiger charge is -2.30. The molecule has 8 rings (SSSR count). The van der Waals surface area contributed by atoms with Gasteiger partial charge in [0, 0.05) is 104 Å². The summed E-state index contributed by atoms with van der Waals surface area (Å²) < 4.78 is 48.1. The van der Waals surface area contributed by atoms with Gasteiger partial charge in [-0.2, -0.15) is 0 Å². The molecule has 6 N–H and O–H groups in total. The van der Waals surface area contributed by atoms with Gasteiger partial charge < -0.3 is 74.5 Å². The molecule has 6 aromatic rings. The number of carbonyl (C=O) groups is 11. The molecular weight excluding hydrogens is 1410 g/mol. The zero-order valence-electron chi connectivity index (χ0n) is 60.6. The summed E-state index contributed by atoms with van der Waals surface area (Å²) in [6.45, 7) is 13.9. The molecule has 568 valence electrons. The molecule has 0 saturated heterocycles. The smallest absolute Gasteiger partial charge is 0.338 e. The van der Waals surface area contributed by atoms with Crippen LogP contribution in [0.5, 0.6) is 11.5 Å². The number of nitrogens with one attached hydrogen (secondary N) is 6. The molecule has 2 heterocycles. The fourth-order valence-electron chi connectivity index (χ4n) is 10.6. The molecule has 2 aliphatic heterocycles. The number of non-ortho nitro benzene ring substituents is 2. The first kappa shape index (κ1) is 83.4. The fraction of sp³-hybridized carbons (Fsp3) is 0.276. The fourth-order valence-corrected chi connectivity index (χ4v) is 10.6. The lowest BCUT2D eigenvalue weighted by molar-refractivity contribution is -0.385. The highest BCUT2D eigenvalue weighted by atomic mass is 16.6. The molecule has 0 spiro atoms. The zero-order chi connectivity index (χ0) is 79.1. The van der Waals surface area contributed by atoms with E-state index in [0.29, 0.717) is 63.6 Å². The second-order valence-corrected chi connectivity index (χ2v) is 23.3. The standard InChI is InChI=1S/2C36H36N4O11.C4H8O2/c2*1-21-31(35(44)50-17-16-48-30-14-12-28(13-15-30)39-24(4)42)33(26-6-5-7-29(20-26)40(46)47)32(22(2)37-21)36(45)51-19-18-49-34(43)25-8-10-27(11-9-25)38-23(3)41;1-3-6-4(2)5/h2*5-15,20,33,37H,16-19H2,1-4H3,(H,38,41)(H,39,42);3H2,1-2H3. The molecule has 0 aromatic heterocycles. The molecule has 32 nitrogen and oxygen atoms in total. The van der Waals surface area contributed by atoms with Crippen LogP contribution in [-0.2, 0) is 76.3 Å². The Labute approximate surface area is 619 Å². The minimum absolute atomic E-state index is 0.00319. The van der Waals surface area contributed by atoms with Gasteiger partial charge in [0.25, 0.3) is 11.4 Å². The van der Waals surface area contributed by atoms with Gasteiger partial charge in [0.05, 0.1) is 61.7 Å². The Balaban J connectivity index is 0.000000314. The van der Waals surface area contributed by atoms with Crippen LogP contribution in [0.15, 0.2) is 191 Å². The van der Waals surface area contributed by atoms with Gasteiger partial charge in [-0.15, -0.1) is 0 Å². The molecule has 0 saturated carbocycles. The number of nitrogens with zero attached hydrogens (tertiary/aromatic N) is 2. The summed E-state index contributed by atoms with van der Waals surface area (Å²) in [6.07, 6.45) is 0. The van der Waals surface area contributed by atoms with Gasteiger partial charge in [0.2, 0.25) is 23.6 Å². The Bertz CT molecular complexity index is 4200. The molecule has 2 atom stereocenters. The summed E-state index contributed by atoms with van der Waals surface area (Å²) in [5.74, 6) is -7.10. The third kappa shape index (κ3) is 25.7. The van der Waals surface area contributed by atoms with Crippen LogP contribution in [0, 0.1) is 20.2 Å². The molecule has 2 aliphatic rings. The van der Waals surface area contributed by atoms with E-state index in [9.17, 15) is 73.0 Å². The monoisotopic (exact) mass is 1490 g/mol. The molecule has 0 aliphatic carbocycles. The van der Waals surface area contributed by atoms with Gasteiger partial charge in [-0.3, -0.25) is 44.2 Å². The van der Waals surface area contributed by atoms with Crippen LogP contribution in [0.1, 0.15) is 113 Å². The number of rotatable bonds is 29. The number of dihydropyridines is 2. The minimum Gasteiger partial charge on any atom is -0.490 e. The second kappa shape index (κ2) is 41.1. The summed E-state index contributed by atoms with van der Waals surface area (Å²) in [4.78, 5) is 156. The Morgan fingerprint density at radius 2 is 0.620 bits per heavy atom. The number of hydrogen-bond acceptors (Lipinski definition) is 26. The summed E-state index contributed by atoms with van der Waals surface area (Å²) in [5, 5.41) is 39.8. The molecule has 2 unspecified atom stereocenters. The highest BCUT2D eigenvalue weighted by molar-refractivity contribution is 6.02. The van der Waals surface area contributed by atoms with E-state index >= 15 is 0 Å². The Morgan fingerprint density at radius 3 is 0.861 bits per heavy atom. The highest BCUT2D eigenvalue weighted by Gasteiger charge is 2.41. The predicted molar refractivity (Wildman–Crippen MR) is 389 cm³/mol. The molecule has 0 radical (unpaired) electrons. The van der Waals surface area contributed by atoms with Crippen LogP contribution in [0.25, 0.3) is 0 Å². The molecule has 32 heteroatoms. The van der Waals surface area contributed by atoms with E-state index < -0.39 is 57.5 Å². The van der Waals surface area contributed by atoms with E-state index in [1.807, 2.05) is 0 Å². The van der Waals surface area contributed by atoms with E-state index in [-0.39, 0.29) is 138 Å². The number of amides is 4. The van der Waals surface area contributed by atoms with E-state index in [4.69, 9.17) is 37.9 Å². The van der Waals surface area contributed by atoms with Crippen molar-refractivity contribution in [3.8, 4) is 11.5 Å². The molecule has 4 amide bonds. The number of carbonyl (C=O) groups excluding carboxylic acids is 11. The Kier molecular flexibility index (Phi) is 31.7. The average Bonchev–Trinajstić information content (AvgIpc) is 0.769. The number of ether oxygens (including phenoxy) is 9. The lowest BCUT2D eigenvalue weighted by atomic mass is 9.80. The third-order valence-electron chi connectivity index (χ3n) is 15.1. The van der Waals surface area contributed by atoms with E-state index in [2.05, 4.69) is 36.6 Å². The maximum atomic E-state index is 13.6. The van der Waals surface area contributed by atoms with E-state index in [0.717, 1.165) is 0 Å². The van der Waals surface area contributed by atoms with E-state index in [1.165, 1.54) is 120 Å². The number of allylic oxidation sites excluding steroid dienone is 4. The van der Waals surface area contributed by atoms with Gasteiger partial charge in [-0.25, -0.2) is 28.8 Å². The van der Waals surface area contributed by atoms with E-state index in [1.54, 1.807) is 95.3 Å². The van der Waals surface area contributed by atoms with Crippen LogP contribution in [0.3, 0.4) is 0 Å². The molecule has 6 aromatic carbocycles. The number of nitro groups is 2. The van der Waals surface area contributed by atoms with Crippen LogP contribution in [0.4, 0.5) is 34.1 Å². The van der Waals surface area contributed by atoms with Crippen molar-refractivity contribution in [1.82, 2.24) is 10.6 Å². The first-order chi connectivity index (χ1) is 51.4. The van der Waals surface area contributed by atoms with Crippen molar-refractivity contribution < 1.29 is 105 Å². The first-order valence-electron chi connectivity index (χ1n) is 33.2. The normalized spacial score (nSPS) is 13.4. The summed E-state index contributed by atoms with van der Waals surface area (Å²) in [5.41, 5.74) is 4.11. The third-order valence-corrected chi connectivity index (χ3v) is 15.1. The van der Waals surface area contributed by atoms with Crippen molar-refractivity contribution in [2.45, 2.75) is 81.1 Å². The Morgan fingerprint density at radius 1 is 0.361 bits per heavy atom. The average molecular weight is 1490 g/mol. The van der Waals surface area contributed by atoms with Crippen LogP contribution < -0.4 is 41.4 Å². The van der Waals surface area contributed by atoms with Gasteiger partial charge in [-0.05, 0) is 143 Å². The van der Waals surface area contributed by atoms with Crippen LogP contribution >= 0.6 is 0 Å². The summed E-state index contributed by atoms with van der Waals surface area (Å²) in [7, 11) is 0. The summed E-state index contributed by atoms with van der Waals surface area (Å²) in [6, 6.07) is 36.3. The topological polar surface area (TPSA) is 429 Å². The van der Waals surface area contributed by atoms with Gasteiger partial charge >= 0.3 is 41.8 Å². The lowest BCUT2D eigenvalue weighted by Crippen LogP contribution is -2.33. The molecule has 0 fully saturated rings. The van der Waals surface area contributed by atoms with Crippen LogP contribution in [0.2, 0.25) is 0 Å². The number of hydrogen-bond donors (Lipinski definition) is 6. The largest absolute Gasteiger partial charge is 0.490 e. The van der Waals surface area contributed by atoms with Crippen LogP contribution in [-0.4, -0.2) is 135 Å². The number of nitro benzene ring substituents is 2. The maximum absolute atomic E-state index is 13.6. The number of benzene rings is 6. The quantitative estimate of drug-likeness (QED) is 0.00835. The van der Waals surface area contributed by atoms with Crippen molar-refractivity contribution in [3.05, 3.63) is 233 Å². The number of esters is 7. The molecule has 108 heavy (non-hydrogen) atoms. The highest BCUT2D eigenvalue weighted by Crippen LogP contribution is 2.42. The zero-order valence-corrected chi connectivity index (χ0v) is 60.6. The molecule has 0 bridgehead atoms. The summed E-state index contributed by atoms with van der Waals surface area (Å²) >= 11 is 0. The van der Waals surface area contributed by atoms with Gasteiger partial charge in [-0.1, -0.05) is 24.3 Å². The van der Waals surface area contributed by atoms with Gasteiger partial charge in [0.15, 0.2) is 0 Å². The maximum Gasteiger partial charge on any atom is 0.338 e. The Hall–Kier alpha value is -13.6. The predicted octanol–water partition coefficient (Wildman–Crippen LogP) is 10.1. The van der Waals surface area contributed by atoms with Crippen molar-refractivity contribution in [2.75, 3.05) is 80.7 Å². The molecular formula is C76H80N8O24. The minimum atomic E-state index is -1.11. The van der Waals surface area contributed by atoms with Crippen molar-refractivity contribution in [3.63, 3.8) is 0 Å². The van der Waals surface area contributed by atoms with Crippen molar-refractivity contribution in [2.24, 2.45) is 0 Å². The number of anilines is 4. The van der Waals surface area contributed by atoms with Gasteiger partial charge in [0.1, 0.15) is 64.4 Å². The van der Waals surface area contributed by atoms with Crippen molar-refractivity contribution in [1.29, 1.82) is 0 Å². The van der Waals surface area contributed by atoms with Crippen molar-refractivity contribution >= 4 is 99.5 Å². The first-order valence-corrected chi connectivity index (χ1v) is 33.2. The second-order valence-electron chi connectivity index (χ2n) is 23.3. The SMILES string of the molecule is CC(=O)Nc1ccc(OCCOC(=O)C2=C(C)NC(C)=C(C(=O)OCCOC(=O)c3ccc(NC(C)=O)cc3)C2c2cccc([N+](=O)[O-])c2)cc1.CC(=O)Nc1ccc(OCCOC(=O)C2=C(C)NC(C)=C(C(=O)OCCOC(=O)c3ccc(NC(C)=O)cc3)C2c2cccc([N+](=O)[O-])c2)cc1.CCOC(C)=O.